The van der Waals surface area contributed by atoms with Crippen LogP contribution in [0, 0.1) is 69.7 Å². The molecule has 76 heavy (non-hydrogen) atoms. The fourth-order valence-corrected chi connectivity index (χ4v) is 22.0. The van der Waals surface area contributed by atoms with Crippen LogP contribution in [-0.4, -0.2) is 44.6 Å². The Balaban J connectivity index is 1.96. The van der Waals surface area contributed by atoms with Gasteiger partial charge in [-0.15, -0.1) is 11.1 Å². The van der Waals surface area contributed by atoms with E-state index in [1.807, 2.05) is 83.1 Å². The van der Waals surface area contributed by atoms with Crippen LogP contribution in [-0.2, 0) is 0 Å². The van der Waals surface area contributed by atoms with Crippen LogP contribution in [0.25, 0.3) is 11.1 Å². The maximum atomic E-state index is 18.9. The zero-order chi connectivity index (χ0) is 56.1. The predicted octanol–water partition coefficient (Wildman–Crippen LogP) is 17.4. The average molecular weight is 1070 g/mol. The van der Waals surface area contributed by atoms with E-state index in [4.69, 9.17) is 18.9 Å². The number of ether oxygens (including phenoxy) is 4. The lowest BCUT2D eigenvalue weighted by atomic mass is 9.75. The number of rotatable bonds is 17. The third kappa shape index (κ3) is 10.9. The fraction of sp³-hybridized carbons (Fsp3) is 0.344. The zero-order valence-electron chi connectivity index (χ0n) is 46.6. The van der Waals surface area contributed by atoms with Gasteiger partial charge >= 0.3 is 0 Å². The standard InChI is InChI=1S/C64H70F6O4Si2/c1-37(2)75(38(3)4,39(5)6)35-33-51-59(65)55(53(43-17-25-47(71-13)26-18-43)44-19-27-48(72-14)28-20-44)57(63(69)61(51)67)58-56(54(45-21-29-49(73-15)30-22-45)46-23-31-50(74-16)32-24-46)60(66)52(62(68)64(58)70)34-36-76(40(7)8,41(9)10)42(11)12/h17-32,37-42H,1-16H3/q+2. The summed E-state index contributed by atoms with van der Waals surface area (Å²) in [5, 5.41) is 0. The maximum Gasteiger partial charge on any atom is 0.198 e. The van der Waals surface area contributed by atoms with E-state index in [-0.39, 0.29) is 67.3 Å². The molecule has 0 aliphatic heterocycles. The van der Waals surface area contributed by atoms with Gasteiger partial charge in [-0.25, -0.2) is 8.78 Å². The second kappa shape index (κ2) is 24.2. The van der Waals surface area contributed by atoms with Gasteiger partial charge < -0.3 is 18.9 Å². The van der Waals surface area contributed by atoms with E-state index in [1.165, 1.54) is 28.4 Å². The van der Waals surface area contributed by atoms with Crippen molar-refractivity contribution in [3.63, 3.8) is 0 Å². The number of halogens is 6. The van der Waals surface area contributed by atoms with Gasteiger partial charge in [-0.1, -0.05) is 94.9 Å². The first-order valence-electron chi connectivity index (χ1n) is 25.8. The predicted molar refractivity (Wildman–Crippen MR) is 301 cm³/mol. The normalized spacial score (nSPS) is 11.8. The van der Waals surface area contributed by atoms with Gasteiger partial charge in [-0.2, -0.15) is 17.6 Å². The van der Waals surface area contributed by atoms with Crippen molar-refractivity contribution >= 4 is 16.1 Å². The van der Waals surface area contributed by atoms with Gasteiger partial charge in [0.1, 0.15) is 72.5 Å². The second-order valence-corrected chi connectivity index (χ2v) is 32.3. The summed E-state index contributed by atoms with van der Waals surface area (Å²) in [5.41, 5.74) is 2.33. The maximum absolute atomic E-state index is 18.9. The smallest absolute Gasteiger partial charge is 0.198 e. The first-order chi connectivity index (χ1) is 36.0. The highest BCUT2D eigenvalue weighted by atomic mass is 28.3. The Kier molecular flexibility index (Phi) is 18.6. The van der Waals surface area contributed by atoms with Gasteiger partial charge in [0.25, 0.3) is 0 Å². The van der Waals surface area contributed by atoms with E-state index in [2.05, 4.69) is 22.9 Å². The van der Waals surface area contributed by atoms with E-state index < -0.39 is 84.4 Å². The Labute approximate surface area is 449 Å². The first-order valence-corrected chi connectivity index (χ1v) is 30.2. The molecular formula is C64H70F6O4Si2+2. The highest BCUT2D eigenvalue weighted by molar-refractivity contribution is 6.91. The monoisotopic (exact) mass is 1070 g/mol. The van der Waals surface area contributed by atoms with Gasteiger partial charge in [0.05, 0.1) is 62.5 Å². The van der Waals surface area contributed by atoms with Crippen LogP contribution in [0.5, 0.6) is 23.0 Å². The molecule has 0 heterocycles. The fourth-order valence-electron chi connectivity index (χ4n) is 11.6. The molecule has 0 aromatic heterocycles. The lowest BCUT2D eigenvalue weighted by Gasteiger charge is -2.38. The van der Waals surface area contributed by atoms with Crippen molar-refractivity contribution in [1.29, 1.82) is 0 Å². The van der Waals surface area contributed by atoms with E-state index in [9.17, 15) is 0 Å². The molecular weight excluding hydrogens is 1000 g/mol. The molecule has 6 rings (SSSR count). The molecule has 0 radical (unpaired) electrons. The summed E-state index contributed by atoms with van der Waals surface area (Å²) in [4.78, 5) is 0. The molecule has 0 saturated heterocycles. The lowest BCUT2D eigenvalue weighted by molar-refractivity contribution is 0.414. The topological polar surface area (TPSA) is 36.9 Å². The van der Waals surface area contributed by atoms with Crippen molar-refractivity contribution in [3.05, 3.63) is 188 Å². The van der Waals surface area contributed by atoms with Crippen LogP contribution in [0.3, 0.4) is 0 Å². The molecule has 0 bridgehead atoms. The molecule has 0 amide bonds. The van der Waals surface area contributed by atoms with Crippen molar-refractivity contribution in [2.24, 2.45) is 0 Å². The third-order valence-electron chi connectivity index (χ3n) is 15.4. The Morgan fingerprint density at radius 1 is 0.329 bits per heavy atom. The van der Waals surface area contributed by atoms with Gasteiger partial charge in [0, 0.05) is 48.5 Å². The summed E-state index contributed by atoms with van der Waals surface area (Å²) in [6.45, 7) is 24.3. The summed E-state index contributed by atoms with van der Waals surface area (Å²) in [6.07, 6.45) is 0. The molecule has 4 nitrogen and oxygen atoms in total. The minimum Gasteiger partial charge on any atom is -0.496 e. The second-order valence-electron chi connectivity index (χ2n) is 21.1. The molecule has 0 aliphatic carbocycles. The van der Waals surface area contributed by atoms with Crippen LogP contribution in [0.1, 0.15) is 128 Å². The minimum absolute atomic E-state index is 0.0129. The molecule has 6 aromatic rings. The van der Waals surface area contributed by atoms with Crippen molar-refractivity contribution in [2.75, 3.05) is 28.4 Å². The zero-order valence-corrected chi connectivity index (χ0v) is 48.6. The minimum atomic E-state index is -2.77. The number of hydrogen-bond donors (Lipinski definition) is 0. The molecule has 12 heteroatoms. The summed E-state index contributed by atoms with van der Waals surface area (Å²) < 4.78 is 132. The Bertz CT molecular complexity index is 2780. The van der Waals surface area contributed by atoms with E-state index in [1.54, 1.807) is 97.1 Å². The molecule has 0 atom stereocenters. The summed E-state index contributed by atoms with van der Waals surface area (Å²) in [6, 6.07) is 25.4. The van der Waals surface area contributed by atoms with Crippen LogP contribution in [0.2, 0.25) is 33.2 Å². The van der Waals surface area contributed by atoms with Crippen LogP contribution < -0.4 is 18.9 Å². The van der Waals surface area contributed by atoms with Gasteiger partial charge in [0.2, 0.25) is 0 Å². The molecule has 0 aliphatic rings. The molecule has 0 N–H and O–H groups in total. The highest BCUT2D eigenvalue weighted by Crippen LogP contribution is 2.50. The number of methoxy groups -OCH3 is 4. The third-order valence-corrected chi connectivity index (χ3v) is 28.0. The number of hydrogen-bond acceptors (Lipinski definition) is 4. The van der Waals surface area contributed by atoms with Crippen LogP contribution >= 0.6 is 0 Å². The van der Waals surface area contributed by atoms with E-state index in [0.717, 1.165) is 0 Å². The quantitative estimate of drug-likeness (QED) is 0.0228. The molecule has 0 saturated carbocycles. The molecule has 0 fully saturated rings. The van der Waals surface area contributed by atoms with Crippen molar-refractivity contribution in [3.8, 4) is 57.1 Å². The molecule has 0 unspecified atom stereocenters. The Morgan fingerprint density at radius 2 is 0.539 bits per heavy atom. The van der Waals surface area contributed by atoms with E-state index in [0.29, 0.717) is 23.0 Å². The SMILES string of the molecule is COc1ccc([C+](c2ccc(OC)cc2)c2c(F)c(C#C[Si](C(C)C)(C(C)C)C(C)C)c(F)c(F)c2-c2c(F)c(F)c(C#C[Si](C(C)C)(C(C)C)C(C)C)c(F)c2[C+](c2ccc(OC)cc2)c2ccc(OC)cc2)cc1. The lowest BCUT2D eigenvalue weighted by Crippen LogP contribution is -2.43. The molecule has 6 aromatic carbocycles. The summed E-state index contributed by atoms with van der Waals surface area (Å²) >= 11 is 0. The van der Waals surface area contributed by atoms with Crippen molar-refractivity contribution in [2.45, 2.75) is 116 Å². The molecule has 0 spiro atoms. The van der Waals surface area contributed by atoms with Crippen LogP contribution in [0.15, 0.2) is 97.1 Å². The van der Waals surface area contributed by atoms with Gasteiger partial charge in [0.15, 0.2) is 34.9 Å². The summed E-state index contributed by atoms with van der Waals surface area (Å²) in [5.74, 6) is -2.64. The average Bonchev–Trinajstić information content (AvgIpc) is 3.41. The van der Waals surface area contributed by atoms with Crippen LogP contribution in [0.4, 0.5) is 26.3 Å². The number of benzene rings is 6. The first kappa shape index (κ1) is 58.7. The van der Waals surface area contributed by atoms with E-state index >= 15 is 26.3 Å². The van der Waals surface area contributed by atoms with Crippen molar-refractivity contribution in [1.82, 2.24) is 0 Å². The Hall–Kier alpha value is -6.61. The summed E-state index contributed by atoms with van der Waals surface area (Å²) in [7, 11) is 0.319. The highest BCUT2D eigenvalue weighted by Gasteiger charge is 2.47. The van der Waals surface area contributed by atoms with Gasteiger partial charge in [-0.05, 0) is 81.8 Å². The van der Waals surface area contributed by atoms with Crippen molar-refractivity contribution < 1.29 is 45.3 Å². The Morgan fingerprint density at radius 3 is 0.724 bits per heavy atom. The largest absolute Gasteiger partial charge is 0.496 e. The molecule has 398 valence electrons. The van der Waals surface area contributed by atoms with Gasteiger partial charge in [-0.3, -0.25) is 0 Å².